The summed E-state index contributed by atoms with van der Waals surface area (Å²) in [5, 5.41) is 10.1. The fourth-order valence-electron chi connectivity index (χ4n) is 2.01. The van der Waals surface area contributed by atoms with Crippen LogP contribution < -0.4 is 10.4 Å². The van der Waals surface area contributed by atoms with E-state index in [1.54, 1.807) is 13.2 Å². The van der Waals surface area contributed by atoms with Gasteiger partial charge in [-0.05, 0) is 22.1 Å². The van der Waals surface area contributed by atoms with Crippen molar-refractivity contribution in [1.29, 1.82) is 0 Å². The molecule has 0 aliphatic carbocycles. The van der Waals surface area contributed by atoms with Gasteiger partial charge in [-0.25, -0.2) is 9.78 Å². The quantitative estimate of drug-likeness (QED) is 0.714. The van der Waals surface area contributed by atoms with Crippen LogP contribution in [0, 0.1) is 0 Å². The number of rotatable bonds is 5. The van der Waals surface area contributed by atoms with Crippen molar-refractivity contribution in [1.82, 2.24) is 24.8 Å². The molecule has 22 heavy (non-hydrogen) atoms. The number of thiazole rings is 1. The molecule has 2 heterocycles. The number of benzene rings is 1. The molecule has 0 spiro atoms. The Morgan fingerprint density at radius 2 is 2.23 bits per heavy atom. The number of thiol groups is 1. The molecular formula is C13H13N5O2S2. The molecule has 0 aliphatic heterocycles. The lowest BCUT2D eigenvalue weighted by Gasteiger charge is -2.12. The van der Waals surface area contributed by atoms with Crippen molar-refractivity contribution in [2.24, 2.45) is 7.05 Å². The Morgan fingerprint density at radius 3 is 2.86 bits per heavy atom. The molecule has 0 aliphatic rings. The Hall–Kier alpha value is -2.13. The zero-order valence-corrected chi connectivity index (χ0v) is 13.4. The van der Waals surface area contributed by atoms with E-state index in [1.807, 2.05) is 23.6 Å². The summed E-state index contributed by atoms with van der Waals surface area (Å²) in [5.74, 6) is 0.527. The van der Waals surface area contributed by atoms with E-state index in [4.69, 9.17) is 4.74 Å². The van der Waals surface area contributed by atoms with E-state index >= 15 is 0 Å². The summed E-state index contributed by atoms with van der Waals surface area (Å²) in [6.07, 6.45) is 1.68. The maximum Gasteiger partial charge on any atom is 0.368 e. The van der Waals surface area contributed by atoms with Crippen LogP contribution in [0.5, 0.6) is 5.19 Å². The van der Waals surface area contributed by atoms with Crippen molar-refractivity contribution < 1.29 is 4.74 Å². The van der Waals surface area contributed by atoms with Gasteiger partial charge in [0, 0.05) is 29.9 Å². The molecule has 0 amide bonds. The van der Waals surface area contributed by atoms with E-state index in [-0.39, 0.29) is 12.3 Å². The minimum atomic E-state index is -0.313. The van der Waals surface area contributed by atoms with Crippen LogP contribution in [0.3, 0.4) is 0 Å². The minimum Gasteiger partial charge on any atom is -0.465 e. The molecule has 7 nitrogen and oxygen atoms in total. The van der Waals surface area contributed by atoms with Crippen molar-refractivity contribution >= 4 is 24.0 Å². The molecule has 3 aromatic rings. The number of ether oxygens (including phenoxy) is 1. The van der Waals surface area contributed by atoms with Crippen LogP contribution in [0.2, 0.25) is 0 Å². The van der Waals surface area contributed by atoms with E-state index in [9.17, 15) is 4.79 Å². The second kappa shape index (κ2) is 6.32. The van der Waals surface area contributed by atoms with E-state index in [0.717, 1.165) is 11.1 Å². The molecule has 0 bridgehead atoms. The zero-order chi connectivity index (χ0) is 15.5. The highest BCUT2D eigenvalue weighted by Gasteiger charge is 2.15. The van der Waals surface area contributed by atoms with Gasteiger partial charge in [-0.1, -0.05) is 23.5 Å². The van der Waals surface area contributed by atoms with Crippen molar-refractivity contribution in [2.45, 2.75) is 12.4 Å². The molecule has 0 unspecified atom stereocenters. The summed E-state index contributed by atoms with van der Waals surface area (Å²) in [4.78, 5) is 16.2. The second-order valence-corrected chi connectivity index (χ2v) is 5.63. The molecule has 2 aromatic heterocycles. The fraction of sp³-hybridized carbons (Fsp3) is 0.231. The predicted octanol–water partition coefficient (Wildman–Crippen LogP) is 1.43. The maximum atomic E-state index is 12.1. The van der Waals surface area contributed by atoms with Crippen molar-refractivity contribution in [2.75, 3.05) is 0 Å². The van der Waals surface area contributed by atoms with Crippen LogP contribution in [0.25, 0.3) is 5.69 Å². The summed E-state index contributed by atoms with van der Waals surface area (Å²) < 4.78 is 8.12. The third kappa shape index (κ3) is 2.77. The van der Waals surface area contributed by atoms with E-state index < -0.39 is 0 Å². The smallest absolute Gasteiger partial charge is 0.368 e. The maximum absolute atomic E-state index is 12.1. The Balaban J connectivity index is 2.02. The Morgan fingerprint density at radius 1 is 1.36 bits per heavy atom. The van der Waals surface area contributed by atoms with Gasteiger partial charge in [0.1, 0.15) is 6.61 Å². The van der Waals surface area contributed by atoms with Crippen LogP contribution in [0.4, 0.5) is 0 Å². The first-order valence-electron chi connectivity index (χ1n) is 6.44. The highest BCUT2D eigenvalue weighted by Crippen LogP contribution is 2.22. The van der Waals surface area contributed by atoms with Gasteiger partial charge < -0.3 is 4.74 Å². The molecule has 0 atom stereocenters. The lowest BCUT2D eigenvalue weighted by atomic mass is 10.1. The highest BCUT2D eigenvalue weighted by molar-refractivity contribution is 7.79. The number of aromatic nitrogens is 5. The molecular weight excluding hydrogens is 322 g/mol. The normalized spacial score (nSPS) is 10.8. The van der Waals surface area contributed by atoms with Gasteiger partial charge in [0.25, 0.3) is 5.19 Å². The van der Waals surface area contributed by atoms with E-state index in [0.29, 0.717) is 16.6 Å². The van der Waals surface area contributed by atoms with Gasteiger partial charge in [-0.3, -0.25) is 0 Å². The number of aryl methyl sites for hydroxylation is 1. The van der Waals surface area contributed by atoms with E-state index in [1.165, 1.54) is 20.7 Å². The van der Waals surface area contributed by atoms with Gasteiger partial charge >= 0.3 is 5.69 Å². The van der Waals surface area contributed by atoms with Crippen LogP contribution in [-0.4, -0.2) is 24.8 Å². The fourth-order valence-corrected chi connectivity index (χ4v) is 2.80. The predicted molar refractivity (Wildman–Crippen MR) is 85.7 cm³/mol. The van der Waals surface area contributed by atoms with Gasteiger partial charge in [0.15, 0.2) is 0 Å². The molecule has 9 heteroatoms. The second-order valence-electron chi connectivity index (χ2n) is 4.46. The zero-order valence-electron chi connectivity index (χ0n) is 11.7. The Bertz CT molecular complexity index is 825. The minimum absolute atomic E-state index is 0.280. The molecule has 0 radical (unpaired) electrons. The highest BCUT2D eigenvalue weighted by atomic mass is 32.1. The Kier molecular flexibility index (Phi) is 4.25. The molecule has 0 fully saturated rings. The third-order valence-corrected chi connectivity index (χ3v) is 4.14. The SMILES string of the molecule is Cn1nnn(-c2cccc(CS)c2COc2nccs2)c1=O. The summed E-state index contributed by atoms with van der Waals surface area (Å²) in [6.45, 7) is 0.280. The monoisotopic (exact) mass is 335 g/mol. The number of hydrogen-bond acceptors (Lipinski definition) is 7. The number of nitrogens with zero attached hydrogens (tertiary/aromatic N) is 5. The molecule has 3 rings (SSSR count). The van der Waals surface area contributed by atoms with Crippen LogP contribution in [-0.2, 0) is 19.4 Å². The summed E-state index contributed by atoms with van der Waals surface area (Å²) >= 11 is 5.75. The van der Waals surface area contributed by atoms with Crippen LogP contribution in [0.1, 0.15) is 11.1 Å². The lowest BCUT2D eigenvalue weighted by Crippen LogP contribution is -2.23. The first kappa shape index (κ1) is 14.8. The lowest BCUT2D eigenvalue weighted by molar-refractivity contribution is 0.303. The first-order chi connectivity index (χ1) is 10.7. The summed E-state index contributed by atoms with van der Waals surface area (Å²) in [5.41, 5.74) is 2.14. The average molecular weight is 335 g/mol. The van der Waals surface area contributed by atoms with Crippen LogP contribution in [0.15, 0.2) is 34.6 Å². The topological polar surface area (TPSA) is 74.8 Å². The van der Waals surface area contributed by atoms with Crippen molar-refractivity contribution in [3.8, 4) is 10.9 Å². The molecule has 1 aromatic carbocycles. The summed E-state index contributed by atoms with van der Waals surface area (Å²) in [6, 6.07) is 5.61. The standard InChI is InChI=1S/C13H13N5O2S2/c1-17-13(19)18(16-15-17)11-4-2-3-9(8-21)10(11)7-20-12-14-5-6-22-12/h2-6,21H,7-8H2,1H3. The summed E-state index contributed by atoms with van der Waals surface area (Å²) in [7, 11) is 1.56. The van der Waals surface area contributed by atoms with Gasteiger partial charge in [-0.15, -0.1) is 0 Å². The van der Waals surface area contributed by atoms with Gasteiger partial charge in [-0.2, -0.15) is 22.0 Å². The van der Waals surface area contributed by atoms with E-state index in [2.05, 4.69) is 28.0 Å². The van der Waals surface area contributed by atoms with Gasteiger partial charge in [0.05, 0.1) is 5.69 Å². The Labute approximate surface area is 135 Å². The third-order valence-electron chi connectivity index (χ3n) is 3.12. The first-order valence-corrected chi connectivity index (χ1v) is 7.95. The largest absolute Gasteiger partial charge is 0.465 e. The number of tetrazole rings is 1. The molecule has 0 N–H and O–H groups in total. The van der Waals surface area contributed by atoms with Crippen molar-refractivity contribution in [3.63, 3.8) is 0 Å². The molecule has 0 saturated heterocycles. The van der Waals surface area contributed by atoms with Crippen LogP contribution >= 0.6 is 24.0 Å². The number of hydrogen-bond donors (Lipinski definition) is 1. The molecule has 0 saturated carbocycles. The van der Waals surface area contributed by atoms with Crippen molar-refractivity contribution in [3.05, 3.63) is 51.4 Å². The molecule has 114 valence electrons. The average Bonchev–Trinajstić information content (AvgIpc) is 3.16. The van der Waals surface area contributed by atoms with Gasteiger partial charge in [0.2, 0.25) is 0 Å².